The van der Waals surface area contributed by atoms with Crippen LogP contribution in [0, 0.1) is 12.8 Å². The maximum Gasteiger partial charge on any atom is 0.0116 e. The van der Waals surface area contributed by atoms with Crippen molar-refractivity contribution in [1.82, 2.24) is 0 Å². The molecule has 2 N–H and O–H groups in total. The summed E-state index contributed by atoms with van der Waals surface area (Å²) in [5.74, 6) is 0.825. The summed E-state index contributed by atoms with van der Waals surface area (Å²) in [5, 5.41) is 2.16. The van der Waals surface area contributed by atoms with Crippen LogP contribution < -0.4 is 5.73 Å². The zero-order chi connectivity index (χ0) is 8.55. The molecule has 2 rings (SSSR count). The van der Waals surface area contributed by atoms with Crippen molar-refractivity contribution in [3.05, 3.63) is 21.9 Å². The summed E-state index contributed by atoms with van der Waals surface area (Å²) in [7, 11) is 0. The predicted molar refractivity (Wildman–Crippen MR) is 53.5 cm³/mol. The summed E-state index contributed by atoms with van der Waals surface area (Å²) >= 11 is 1.84. The molecule has 1 atom stereocenters. The molecular formula is C10H15NS. The van der Waals surface area contributed by atoms with Gasteiger partial charge in [-0.25, -0.2) is 0 Å². The van der Waals surface area contributed by atoms with Crippen molar-refractivity contribution in [3.63, 3.8) is 0 Å². The number of hydrogen-bond acceptors (Lipinski definition) is 2. The third-order valence-corrected chi connectivity index (χ3v) is 3.66. The third-order valence-electron chi connectivity index (χ3n) is 2.62. The van der Waals surface area contributed by atoms with Crippen LogP contribution in [0.5, 0.6) is 0 Å². The van der Waals surface area contributed by atoms with Crippen LogP contribution in [-0.4, -0.2) is 6.04 Å². The van der Waals surface area contributed by atoms with Crippen LogP contribution in [-0.2, 0) is 6.42 Å². The normalized spacial score (nSPS) is 19.5. The van der Waals surface area contributed by atoms with E-state index in [0.717, 1.165) is 12.3 Å². The molecule has 1 nitrogen and oxygen atoms in total. The van der Waals surface area contributed by atoms with Gasteiger partial charge in [0.25, 0.3) is 0 Å². The highest BCUT2D eigenvalue weighted by atomic mass is 32.1. The number of rotatable bonds is 3. The minimum Gasteiger partial charge on any atom is -0.327 e. The highest BCUT2D eigenvalue weighted by Gasteiger charge is 2.28. The Bertz CT molecular complexity index is 263. The average molecular weight is 181 g/mol. The van der Waals surface area contributed by atoms with Crippen molar-refractivity contribution >= 4 is 11.3 Å². The van der Waals surface area contributed by atoms with Gasteiger partial charge in [0.15, 0.2) is 0 Å². The highest BCUT2D eigenvalue weighted by Crippen LogP contribution is 2.33. The second kappa shape index (κ2) is 3.19. The van der Waals surface area contributed by atoms with Crippen molar-refractivity contribution < 1.29 is 0 Å². The molecule has 0 amide bonds. The van der Waals surface area contributed by atoms with E-state index in [1.54, 1.807) is 0 Å². The molecule has 0 aliphatic heterocycles. The summed E-state index contributed by atoms with van der Waals surface area (Å²) in [6.07, 6.45) is 3.80. The molecule has 0 radical (unpaired) electrons. The number of hydrogen-bond donors (Lipinski definition) is 1. The van der Waals surface area contributed by atoms with Gasteiger partial charge in [-0.1, -0.05) is 0 Å². The van der Waals surface area contributed by atoms with E-state index >= 15 is 0 Å². The van der Waals surface area contributed by atoms with E-state index in [1.165, 1.54) is 23.3 Å². The molecule has 1 heterocycles. The van der Waals surface area contributed by atoms with Crippen molar-refractivity contribution in [2.24, 2.45) is 11.7 Å². The lowest BCUT2D eigenvalue weighted by atomic mass is 10.1. The second-order valence-corrected chi connectivity index (χ2v) is 4.73. The molecule has 1 aromatic rings. The van der Waals surface area contributed by atoms with Gasteiger partial charge in [0.1, 0.15) is 0 Å². The Morgan fingerprint density at radius 2 is 2.42 bits per heavy atom. The zero-order valence-corrected chi connectivity index (χ0v) is 8.23. The maximum atomic E-state index is 6.05. The smallest absolute Gasteiger partial charge is 0.0116 e. The van der Waals surface area contributed by atoms with Gasteiger partial charge in [-0.05, 0) is 49.1 Å². The van der Waals surface area contributed by atoms with E-state index in [1.807, 2.05) is 11.3 Å². The van der Waals surface area contributed by atoms with Gasteiger partial charge < -0.3 is 5.73 Å². The predicted octanol–water partition coefficient (Wildman–Crippen LogP) is 2.34. The third kappa shape index (κ3) is 1.70. The maximum absolute atomic E-state index is 6.05. The summed E-state index contributed by atoms with van der Waals surface area (Å²) in [5.41, 5.74) is 7.46. The number of nitrogens with two attached hydrogens (primary N) is 1. The second-order valence-electron chi connectivity index (χ2n) is 3.73. The van der Waals surface area contributed by atoms with E-state index in [0.29, 0.717) is 6.04 Å². The molecule has 1 fully saturated rings. The Morgan fingerprint density at radius 3 is 2.92 bits per heavy atom. The average Bonchev–Trinajstić information content (AvgIpc) is 2.80. The van der Waals surface area contributed by atoms with E-state index in [-0.39, 0.29) is 0 Å². The lowest BCUT2D eigenvalue weighted by Gasteiger charge is -2.08. The minimum absolute atomic E-state index is 0.419. The first-order valence-electron chi connectivity index (χ1n) is 4.56. The fourth-order valence-electron chi connectivity index (χ4n) is 1.52. The first-order chi connectivity index (χ1) is 5.77. The van der Waals surface area contributed by atoms with Crippen LogP contribution in [0.15, 0.2) is 11.4 Å². The van der Waals surface area contributed by atoms with Gasteiger partial charge in [0.05, 0.1) is 0 Å². The Hall–Kier alpha value is -0.340. The molecule has 1 unspecified atom stereocenters. The standard InChI is InChI=1S/C10H15NS/c1-7-4-5-12-10(7)6-9(11)8-2-3-8/h4-5,8-9H,2-3,6,11H2,1H3. The van der Waals surface area contributed by atoms with E-state index in [9.17, 15) is 0 Å². The summed E-state index contributed by atoms with van der Waals surface area (Å²) < 4.78 is 0. The van der Waals surface area contributed by atoms with Gasteiger partial charge in [-0.3, -0.25) is 0 Å². The fraction of sp³-hybridized carbons (Fsp3) is 0.600. The molecule has 1 saturated carbocycles. The van der Waals surface area contributed by atoms with Gasteiger partial charge >= 0.3 is 0 Å². The Kier molecular flexibility index (Phi) is 2.20. The quantitative estimate of drug-likeness (QED) is 0.761. The molecule has 0 spiro atoms. The number of thiophene rings is 1. The Balaban J connectivity index is 1.97. The van der Waals surface area contributed by atoms with Crippen LogP contribution in [0.2, 0.25) is 0 Å². The minimum atomic E-state index is 0.419. The molecule has 0 saturated heterocycles. The van der Waals surface area contributed by atoms with E-state index in [2.05, 4.69) is 18.4 Å². The molecule has 1 aliphatic rings. The molecule has 12 heavy (non-hydrogen) atoms. The monoisotopic (exact) mass is 181 g/mol. The van der Waals surface area contributed by atoms with Gasteiger partial charge in [0, 0.05) is 10.9 Å². The van der Waals surface area contributed by atoms with Crippen LogP contribution in [0.25, 0.3) is 0 Å². The largest absolute Gasteiger partial charge is 0.327 e. The van der Waals surface area contributed by atoms with Crippen molar-refractivity contribution in [1.29, 1.82) is 0 Å². The van der Waals surface area contributed by atoms with Crippen LogP contribution in [0.3, 0.4) is 0 Å². The first-order valence-corrected chi connectivity index (χ1v) is 5.44. The van der Waals surface area contributed by atoms with Crippen molar-refractivity contribution in [2.75, 3.05) is 0 Å². The van der Waals surface area contributed by atoms with Gasteiger partial charge in [-0.2, -0.15) is 0 Å². The SMILES string of the molecule is Cc1ccsc1CC(N)C1CC1. The van der Waals surface area contributed by atoms with Crippen molar-refractivity contribution in [3.8, 4) is 0 Å². The molecule has 1 aromatic heterocycles. The van der Waals surface area contributed by atoms with Gasteiger partial charge in [0.2, 0.25) is 0 Å². The van der Waals surface area contributed by atoms with E-state index < -0.39 is 0 Å². The molecular weight excluding hydrogens is 166 g/mol. The lowest BCUT2D eigenvalue weighted by Crippen LogP contribution is -2.24. The number of aryl methyl sites for hydroxylation is 1. The van der Waals surface area contributed by atoms with E-state index in [4.69, 9.17) is 5.73 Å². The summed E-state index contributed by atoms with van der Waals surface area (Å²) in [6.45, 7) is 2.17. The molecule has 0 aromatic carbocycles. The Labute approximate surface area is 77.6 Å². The zero-order valence-electron chi connectivity index (χ0n) is 7.42. The van der Waals surface area contributed by atoms with Crippen molar-refractivity contribution in [2.45, 2.75) is 32.2 Å². The summed E-state index contributed by atoms with van der Waals surface area (Å²) in [4.78, 5) is 1.48. The topological polar surface area (TPSA) is 26.0 Å². The first kappa shape index (κ1) is 8.27. The highest BCUT2D eigenvalue weighted by molar-refractivity contribution is 7.10. The fourth-order valence-corrected chi connectivity index (χ4v) is 2.50. The van der Waals surface area contributed by atoms with Gasteiger partial charge in [-0.15, -0.1) is 11.3 Å². The molecule has 0 bridgehead atoms. The Morgan fingerprint density at radius 1 is 1.67 bits per heavy atom. The van der Waals surface area contributed by atoms with Crippen LogP contribution >= 0.6 is 11.3 Å². The van der Waals surface area contributed by atoms with Crippen LogP contribution in [0.1, 0.15) is 23.3 Å². The van der Waals surface area contributed by atoms with Crippen LogP contribution in [0.4, 0.5) is 0 Å². The molecule has 66 valence electrons. The lowest BCUT2D eigenvalue weighted by molar-refractivity contribution is 0.595. The molecule has 1 aliphatic carbocycles. The summed E-state index contributed by atoms with van der Waals surface area (Å²) in [6, 6.07) is 2.60. The molecule has 2 heteroatoms.